The molecule has 0 spiro atoms. The summed E-state index contributed by atoms with van der Waals surface area (Å²) in [4.78, 5) is 22.9. The van der Waals surface area contributed by atoms with E-state index in [4.69, 9.17) is 0 Å². The van der Waals surface area contributed by atoms with E-state index in [1.165, 1.54) is 0 Å². The van der Waals surface area contributed by atoms with Crippen molar-refractivity contribution < 1.29 is 4.79 Å². The molecule has 25 heavy (non-hydrogen) atoms. The standard InChI is InChI=1S/C20H20N4O/c1-15-8-6-7-9-16(15)14-22-19(25)18-12-13-21-20(23-18)24(2)17-10-4-3-5-11-17/h3-13H,14H2,1-2H3,(H,22,25). The molecule has 0 saturated heterocycles. The second kappa shape index (κ2) is 7.57. The zero-order valence-electron chi connectivity index (χ0n) is 14.3. The fourth-order valence-corrected chi connectivity index (χ4v) is 2.48. The van der Waals surface area contributed by atoms with Crippen molar-refractivity contribution in [1.29, 1.82) is 0 Å². The van der Waals surface area contributed by atoms with Crippen molar-refractivity contribution in [3.8, 4) is 0 Å². The molecule has 5 heteroatoms. The molecule has 0 unspecified atom stereocenters. The molecule has 5 nitrogen and oxygen atoms in total. The van der Waals surface area contributed by atoms with Gasteiger partial charge in [-0.05, 0) is 36.2 Å². The predicted molar refractivity (Wildman–Crippen MR) is 98.9 cm³/mol. The topological polar surface area (TPSA) is 58.1 Å². The van der Waals surface area contributed by atoms with Crippen LogP contribution in [0.15, 0.2) is 66.9 Å². The summed E-state index contributed by atoms with van der Waals surface area (Å²) in [5, 5.41) is 2.91. The molecule has 0 atom stereocenters. The number of aromatic nitrogens is 2. The molecule has 126 valence electrons. The quantitative estimate of drug-likeness (QED) is 0.777. The maximum absolute atomic E-state index is 12.4. The van der Waals surface area contributed by atoms with Crippen molar-refractivity contribution >= 4 is 17.5 Å². The van der Waals surface area contributed by atoms with E-state index < -0.39 is 0 Å². The number of rotatable bonds is 5. The third-order valence-electron chi connectivity index (χ3n) is 4.02. The van der Waals surface area contributed by atoms with Gasteiger partial charge in [0.1, 0.15) is 5.69 Å². The summed E-state index contributed by atoms with van der Waals surface area (Å²) in [7, 11) is 1.87. The van der Waals surface area contributed by atoms with Crippen LogP contribution in [0.1, 0.15) is 21.6 Å². The number of anilines is 2. The molecule has 1 heterocycles. The number of hydrogen-bond acceptors (Lipinski definition) is 4. The van der Waals surface area contributed by atoms with Crippen LogP contribution in [0.5, 0.6) is 0 Å². The van der Waals surface area contributed by atoms with Crippen molar-refractivity contribution in [3.63, 3.8) is 0 Å². The average molecular weight is 332 g/mol. The fraction of sp³-hybridized carbons (Fsp3) is 0.150. The Hall–Kier alpha value is -3.21. The van der Waals surface area contributed by atoms with Crippen LogP contribution in [0.3, 0.4) is 0 Å². The van der Waals surface area contributed by atoms with Crippen molar-refractivity contribution in [2.75, 3.05) is 11.9 Å². The Bertz CT molecular complexity index is 864. The molecule has 3 aromatic rings. The summed E-state index contributed by atoms with van der Waals surface area (Å²) in [5.41, 5.74) is 3.54. The molecule has 2 aromatic carbocycles. The number of nitrogens with one attached hydrogen (secondary N) is 1. The van der Waals surface area contributed by atoms with Gasteiger partial charge in [0.15, 0.2) is 0 Å². The van der Waals surface area contributed by atoms with E-state index in [-0.39, 0.29) is 5.91 Å². The monoisotopic (exact) mass is 332 g/mol. The third kappa shape index (κ3) is 4.01. The van der Waals surface area contributed by atoms with Crippen LogP contribution >= 0.6 is 0 Å². The number of benzene rings is 2. The minimum Gasteiger partial charge on any atom is -0.347 e. The number of aryl methyl sites for hydroxylation is 1. The van der Waals surface area contributed by atoms with Crippen LogP contribution in [0, 0.1) is 6.92 Å². The summed E-state index contributed by atoms with van der Waals surface area (Å²) >= 11 is 0. The predicted octanol–water partition coefficient (Wildman–Crippen LogP) is 3.48. The van der Waals surface area contributed by atoms with Crippen molar-refractivity contribution in [3.05, 3.63) is 83.7 Å². The second-order valence-electron chi connectivity index (χ2n) is 5.75. The Morgan fingerprint density at radius 1 is 1.04 bits per heavy atom. The summed E-state index contributed by atoms with van der Waals surface area (Å²) in [5.74, 6) is 0.267. The molecule has 0 radical (unpaired) electrons. The molecule has 0 bridgehead atoms. The summed E-state index contributed by atoms with van der Waals surface area (Å²) in [6.07, 6.45) is 1.60. The smallest absolute Gasteiger partial charge is 0.270 e. The van der Waals surface area contributed by atoms with E-state index >= 15 is 0 Å². The largest absolute Gasteiger partial charge is 0.347 e. The minimum absolute atomic E-state index is 0.214. The fourth-order valence-electron chi connectivity index (χ4n) is 2.48. The molecule has 1 aromatic heterocycles. The number of amides is 1. The van der Waals surface area contributed by atoms with E-state index in [2.05, 4.69) is 15.3 Å². The lowest BCUT2D eigenvalue weighted by molar-refractivity contribution is 0.0946. The first-order valence-corrected chi connectivity index (χ1v) is 8.09. The first-order valence-electron chi connectivity index (χ1n) is 8.09. The molecule has 0 aliphatic carbocycles. The van der Waals surface area contributed by atoms with Gasteiger partial charge in [0.2, 0.25) is 5.95 Å². The van der Waals surface area contributed by atoms with Crippen LogP contribution in [0.4, 0.5) is 11.6 Å². The summed E-state index contributed by atoms with van der Waals surface area (Å²) < 4.78 is 0. The van der Waals surface area contributed by atoms with Gasteiger partial charge in [-0.3, -0.25) is 4.79 Å². The second-order valence-corrected chi connectivity index (χ2v) is 5.75. The molecule has 0 aliphatic heterocycles. The van der Waals surface area contributed by atoms with Crippen molar-refractivity contribution in [1.82, 2.24) is 15.3 Å². The molecular weight excluding hydrogens is 312 g/mol. The lowest BCUT2D eigenvalue weighted by Crippen LogP contribution is -2.25. The number of nitrogens with zero attached hydrogens (tertiary/aromatic N) is 3. The van der Waals surface area contributed by atoms with Gasteiger partial charge in [-0.25, -0.2) is 9.97 Å². The van der Waals surface area contributed by atoms with Gasteiger partial charge in [0.25, 0.3) is 5.91 Å². The number of carbonyl (C=O) groups is 1. The van der Waals surface area contributed by atoms with Crippen LogP contribution in [0.25, 0.3) is 0 Å². The van der Waals surface area contributed by atoms with Gasteiger partial charge < -0.3 is 10.2 Å². The highest BCUT2D eigenvalue weighted by Gasteiger charge is 2.12. The maximum Gasteiger partial charge on any atom is 0.270 e. The minimum atomic E-state index is -0.214. The lowest BCUT2D eigenvalue weighted by atomic mass is 10.1. The number of para-hydroxylation sites is 1. The van der Waals surface area contributed by atoms with Crippen molar-refractivity contribution in [2.45, 2.75) is 13.5 Å². The van der Waals surface area contributed by atoms with Crippen LogP contribution < -0.4 is 10.2 Å². The van der Waals surface area contributed by atoms with Gasteiger partial charge >= 0.3 is 0 Å². The Balaban J connectivity index is 1.72. The van der Waals surface area contributed by atoms with E-state index in [0.29, 0.717) is 18.2 Å². The highest BCUT2D eigenvalue weighted by atomic mass is 16.1. The maximum atomic E-state index is 12.4. The summed E-state index contributed by atoms with van der Waals surface area (Å²) in [6.45, 7) is 2.50. The lowest BCUT2D eigenvalue weighted by Gasteiger charge is -2.17. The zero-order chi connectivity index (χ0) is 17.6. The van der Waals surface area contributed by atoms with Crippen LogP contribution in [0.2, 0.25) is 0 Å². The molecule has 1 N–H and O–H groups in total. The molecule has 0 fully saturated rings. The van der Waals surface area contributed by atoms with Gasteiger partial charge in [-0.2, -0.15) is 0 Å². The van der Waals surface area contributed by atoms with Crippen LogP contribution in [-0.2, 0) is 6.54 Å². The van der Waals surface area contributed by atoms with E-state index in [1.54, 1.807) is 12.3 Å². The SMILES string of the molecule is Cc1ccccc1CNC(=O)c1ccnc(N(C)c2ccccc2)n1. The third-order valence-corrected chi connectivity index (χ3v) is 4.02. The van der Waals surface area contributed by atoms with Gasteiger partial charge in [-0.1, -0.05) is 42.5 Å². The Kier molecular flexibility index (Phi) is 5.04. The molecule has 0 saturated carbocycles. The number of hydrogen-bond donors (Lipinski definition) is 1. The van der Waals surface area contributed by atoms with Gasteiger partial charge in [-0.15, -0.1) is 0 Å². The molecule has 3 rings (SSSR count). The molecule has 1 amide bonds. The Labute approximate surface area is 147 Å². The Morgan fingerprint density at radius 3 is 2.52 bits per heavy atom. The highest BCUT2D eigenvalue weighted by Crippen LogP contribution is 2.19. The first-order chi connectivity index (χ1) is 12.1. The highest BCUT2D eigenvalue weighted by molar-refractivity contribution is 5.92. The summed E-state index contributed by atoms with van der Waals surface area (Å²) in [6, 6.07) is 19.4. The van der Waals surface area contributed by atoms with Crippen LogP contribution in [-0.4, -0.2) is 22.9 Å². The van der Waals surface area contributed by atoms with E-state index in [0.717, 1.165) is 16.8 Å². The normalized spacial score (nSPS) is 10.3. The van der Waals surface area contributed by atoms with Gasteiger partial charge in [0.05, 0.1) is 0 Å². The van der Waals surface area contributed by atoms with E-state index in [9.17, 15) is 4.79 Å². The first kappa shape index (κ1) is 16.6. The van der Waals surface area contributed by atoms with Crippen molar-refractivity contribution in [2.24, 2.45) is 0 Å². The molecule has 0 aliphatic rings. The average Bonchev–Trinajstić information content (AvgIpc) is 2.67. The number of carbonyl (C=O) groups excluding carboxylic acids is 1. The van der Waals surface area contributed by atoms with E-state index in [1.807, 2.05) is 73.5 Å². The Morgan fingerprint density at radius 2 is 1.76 bits per heavy atom. The van der Waals surface area contributed by atoms with Gasteiger partial charge in [0, 0.05) is 25.5 Å². The molecular formula is C20H20N4O. The zero-order valence-corrected chi connectivity index (χ0v) is 14.3.